The van der Waals surface area contributed by atoms with Crippen molar-refractivity contribution < 1.29 is 23.8 Å². The lowest BCUT2D eigenvalue weighted by atomic mass is 9.85. The summed E-state index contributed by atoms with van der Waals surface area (Å²) >= 11 is 0. The number of aromatic nitrogens is 1. The molecule has 8 nitrogen and oxygen atoms in total. The first-order valence-electron chi connectivity index (χ1n) is 11.3. The molecule has 0 saturated heterocycles. The minimum absolute atomic E-state index is 0.000142. The molecule has 1 saturated carbocycles. The van der Waals surface area contributed by atoms with Crippen LogP contribution in [0.2, 0.25) is 0 Å². The van der Waals surface area contributed by atoms with Crippen LogP contribution in [0.15, 0.2) is 35.5 Å². The summed E-state index contributed by atoms with van der Waals surface area (Å²) in [5.41, 5.74) is 5.44. The lowest BCUT2D eigenvalue weighted by molar-refractivity contribution is 0.102. The van der Waals surface area contributed by atoms with E-state index in [0.717, 1.165) is 0 Å². The van der Waals surface area contributed by atoms with Gasteiger partial charge in [-0.3, -0.25) is 4.79 Å². The summed E-state index contributed by atoms with van der Waals surface area (Å²) in [5.74, 6) is 5.16. The van der Waals surface area contributed by atoms with E-state index in [9.17, 15) is 14.3 Å². The van der Waals surface area contributed by atoms with Crippen molar-refractivity contribution in [2.45, 2.75) is 51.9 Å². The number of nitrogens with two attached hydrogens (primary N) is 1. The molecule has 2 heterocycles. The fraction of sp³-hybridized carbons (Fsp3) is 0.423. The first-order chi connectivity index (χ1) is 16.4. The summed E-state index contributed by atoms with van der Waals surface area (Å²) < 4.78 is 26.0. The third-order valence-electron chi connectivity index (χ3n) is 6.29. The SMILES string of the molecule is Cc1cc(OCC#CC(C)(C)O)cnc1C(=O)Nc1ccc(F)c([C@]2(C)N=C(N)O[C@H]3[C@@H](C)[C@H]32)c1. The topological polar surface area (TPSA) is 119 Å². The Bertz CT molecular complexity index is 1260. The molecule has 1 aromatic carbocycles. The minimum Gasteiger partial charge on any atom is -0.479 e. The highest BCUT2D eigenvalue weighted by atomic mass is 19.1. The molecule has 4 atom stereocenters. The number of halogens is 1. The van der Waals surface area contributed by atoms with Crippen molar-refractivity contribution in [2.75, 3.05) is 11.9 Å². The molecule has 4 N–H and O–H groups in total. The quantitative estimate of drug-likeness (QED) is 0.566. The fourth-order valence-corrected chi connectivity index (χ4v) is 4.57. The molecule has 1 fully saturated rings. The maximum absolute atomic E-state index is 14.9. The molecule has 1 aliphatic heterocycles. The van der Waals surface area contributed by atoms with E-state index < -0.39 is 22.9 Å². The standard InChI is InChI=1S/C26H29FN4O4/c1-14-11-17(34-10-6-9-25(3,4)33)13-29-21(14)23(32)30-16-7-8-19(27)18(12-16)26(5)20-15(2)22(20)35-24(28)31-26/h7-8,11-13,15,20,22,33H,10H2,1-5H3,(H2,28,31)(H,30,32)/t15-,20+,22-,26-/m0/s1. The van der Waals surface area contributed by atoms with Gasteiger partial charge in [0.05, 0.1) is 11.7 Å². The second kappa shape index (κ2) is 8.86. The van der Waals surface area contributed by atoms with Crippen molar-refractivity contribution in [3.8, 4) is 17.6 Å². The highest BCUT2D eigenvalue weighted by Gasteiger charge is 2.63. The molecule has 1 amide bonds. The van der Waals surface area contributed by atoms with Crippen molar-refractivity contribution in [2.24, 2.45) is 22.6 Å². The summed E-state index contributed by atoms with van der Waals surface area (Å²) in [7, 11) is 0. The average molecular weight is 481 g/mol. The molecule has 1 aromatic heterocycles. The van der Waals surface area contributed by atoms with Crippen LogP contribution in [0.4, 0.5) is 10.1 Å². The smallest absolute Gasteiger partial charge is 0.283 e. The highest BCUT2D eigenvalue weighted by Crippen LogP contribution is 2.57. The number of rotatable bonds is 5. The third-order valence-corrected chi connectivity index (χ3v) is 6.29. The summed E-state index contributed by atoms with van der Waals surface area (Å²) in [6.45, 7) is 8.84. The molecule has 2 aliphatic rings. The van der Waals surface area contributed by atoms with Gasteiger partial charge < -0.3 is 25.6 Å². The summed E-state index contributed by atoms with van der Waals surface area (Å²) in [5, 5.41) is 12.4. The number of nitrogens with one attached hydrogen (secondary N) is 1. The van der Waals surface area contributed by atoms with Gasteiger partial charge in [-0.15, -0.1) is 0 Å². The zero-order chi connectivity index (χ0) is 25.5. The number of hydrogen-bond acceptors (Lipinski definition) is 7. The molecule has 1 aliphatic carbocycles. The van der Waals surface area contributed by atoms with Crippen LogP contribution in [-0.2, 0) is 10.3 Å². The van der Waals surface area contributed by atoms with Crippen LogP contribution in [0, 0.1) is 36.4 Å². The Morgan fingerprint density at radius 1 is 1.40 bits per heavy atom. The molecule has 0 spiro atoms. The van der Waals surface area contributed by atoms with Crippen LogP contribution in [0.1, 0.15) is 49.3 Å². The number of amides is 1. The molecule has 9 heteroatoms. The number of anilines is 1. The normalized spacial score (nSPS) is 24.8. The van der Waals surface area contributed by atoms with E-state index in [4.69, 9.17) is 15.2 Å². The number of nitrogens with zero attached hydrogens (tertiary/aromatic N) is 2. The van der Waals surface area contributed by atoms with Crippen LogP contribution >= 0.6 is 0 Å². The van der Waals surface area contributed by atoms with Crippen molar-refractivity contribution in [1.29, 1.82) is 0 Å². The Morgan fingerprint density at radius 3 is 2.83 bits per heavy atom. The van der Waals surface area contributed by atoms with Gasteiger partial charge in [0.1, 0.15) is 35.6 Å². The number of aliphatic imine (C=N–C) groups is 1. The molecule has 0 radical (unpaired) electrons. The first kappa shape index (κ1) is 24.5. The van der Waals surface area contributed by atoms with E-state index >= 15 is 0 Å². The van der Waals surface area contributed by atoms with Gasteiger partial charge in [-0.2, -0.15) is 0 Å². The van der Waals surface area contributed by atoms with Crippen molar-refractivity contribution in [3.05, 3.63) is 53.1 Å². The first-order valence-corrected chi connectivity index (χ1v) is 11.3. The molecule has 0 bridgehead atoms. The van der Waals surface area contributed by atoms with Gasteiger partial charge in [0, 0.05) is 23.1 Å². The molecule has 4 rings (SSSR count). The third kappa shape index (κ3) is 5.08. The monoisotopic (exact) mass is 480 g/mol. The second-order valence-corrected chi connectivity index (χ2v) is 9.70. The maximum atomic E-state index is 14.9. The number of hydrogen-bond donors (Lipinski definition) is 3. The van der Waals surface area contributed by atoms with E-state index in [1.54, 1.807) is 32.9 Å². The van der Waals surface area contributed by atoms with Crippen molar-refractivity contribution >= 4 is 17.6 Å². The maximum Gasteiger partial charge on any atom is 0.283 e. The number of carbonyl (C=O) groups is 1. The molecule has 35 heavy (non-hydrogen) atoms. The molecule has 0 unspecified atom stereocenters. The van der Waals surface area contributed by atoms with E-state index in [1.807, 2.05) is 13.8 Å². The fourth-order valence-electron chi connectivity index (χ4n) is 4.57. The van der Waals surface area contributed by atoms with Crippen LogP contribution < -0.4 is 15.8 Å². The molecule has 184 valence electrons. The van der Waals surface area contributed by atoms with Crippen LogP contribution in [0.5, 0.6) is 5.75 Å². The summed E-state index contributed by atoms with van der Waals surface area (Å²) in [6, 6.07) is 6.12. The predicted octanol–water partition coefficient (Wildman–Crippen LogP) is 3.13. The highest BCUT2D eigenvalue weighted by molar-refractivity contribution is 6.03. The Balaban J connectivity index is 1.50. The average Bonchev–Trinajstić information content (AvgIpc) is 3.41. The van der Waals surface area contributed by atoms with E-state index in [2.05, 4.69) is 27.1 Å². The lowest BCUT2D eigenvalue weighted by Crippen LogP contribution is -2.35. The number of pyridine rings is 1. The van der Waals surface area contributed by atoms with Crippen molar-refractivity contribution in [3.63, 3.8) is 0 Å². The molecule has 2 aromatic rings. The minimum atomic E-state index is -1.10. The number of fused-ring (bicyclic) bond motifs is 1. The number of aryl methyl sites for hydroxylation is 1. The van der Waals surface area contributed by atoms with E-state index in [1.165, 1.54) is 18.3 Å². The Kier molecular flexibility index (Phi) is 6.20. The van der Waals surface area contributed by atoms with Gasteiger partial charge in [0.2, 0.25) is 0 Å². The number of benzene rings is 1. The molecular weight excluding hydrogens is 451 g/mol. The van der Waals surface area contributed by atoms with Gasteiger partial charge in [-0.05, 0) is 57.5 Å². The number of ether oxygens (including phenoxy) is 2. The summed E-state index contributed by atoms with van der Waals surface area (Å²) in [4.78, 5) is 21.6. The van der Waals surface area contributed by atoms with Crippen LogP contribution in [0.3, 0.4) is 0 Å². The van der Waals surface area contributed by atoms with E-state index in [0.29, 0.717) is 22.6 Å². The predicted molar refractivity (Wildman–Crippen MR) is 129 cm³/mol. The zero-order valence-corrected chi connectivity index (χ0v) is 20.3. The van der Waals surface area contributed by atoms with E-state index in [-0.39, 0.29) is 36.3 Å². The van der Waals surface area contributed by atoms with Crippen molar-refractivity contribution in [1.82, 2.24) is 4.98 Å². The van der Waals surface area contributed by atoms with Gasteiger partial charge in [0.15, 0.2) is 0 Å². The Morgan fingerprint density at radius 2 is 2.14 bits per heavy atom. The lowest BCUT2D eigenvalue weighted by Gasteiger charge is -2.30. The largest absolute Gasteiger partial charge is 0.479 e. The van der Waals surface area contributed by atoms with Gasteiger partial charge in [-0.25, -0.2) is 14.4 Å². The van der Waals surface area contributed by atoms with Gasteiger partial charge >= 0.3 is 0 Å². The molecular formula is C26H29FN4O4. The van der Waals surface area contributed by atoms with Crippen LogP contribution in [0.25, 0.3) is 0 Å². The van der Waals surface area contributed by atoms with Crippen LogP contribution in [-0.4, -0.2) is 40.3 Å². The van der Waals surface area contributed by atoms with Gasteiger partial charge in [0.25, 0.3) is 11.9 Å². The Labute approximate surface area is 203 Å². The number of carbonyl (C=O) groups excluding carboxylic acids is 1. The second-order valence-electron chi connectivity index (χ2n) is 9.70. The van der Waals surface area contributed by atoms with Gasteiger partial charge in [-0.1, -0.05) is 18.8 Å². The summed E-state index contributed by atoms with van der Waals surface area (Å²) in [6.07, 6.45) is 1.34. The Hall–Kier alpha value is -3.64. The zero-order valence-electron chi connectivity index (χ0n) is 20.3. The number of amidine groups is 1. The number of aliphatic hydroxyl groups is 1.